The average molecular weight is 431 g/mol. The highest BCUT2D eigenvalue weighted by Gasteiger charge is 2.11. The lowest BCUT2D eigenvalue weighted by Crippen LogP contribution is -2.34. The normalized spacial score (nSPS) is 10.0. The summed E-state index contributed by atoms with van der Waals surface area (Å²) in [6.45, 7) is 1.92. The van der Waals surface area contributed by atoms with E-state index in [1.807, 2.05) is 37.3 Å². The van der Waals surface area contributed by atoms with Gasteiger partial charge in [-0.2, -0.15) is 0 Å². The number of amides is 1. The lowest BCUT2D eigenvalue weighted by molar-refractivity contribution is 0.0977. The number of carbonyl (C=O) groups excluding carboxylic acids is 1. The standard InChI is InChI=1S/C15H12ClIN2OS/c1-9-6-7-10(8-12(9)16)18-15(21)19-14(20)11-4-2-3-5-13(11)17/h2-8H,1H3,(H2,18,19,20,21). The van der Waals surface area contributed by atoms with E-state index in [0.29, 0.717) is 10.6 Å². The molecule has 0 spiro atoms. The maximum absolute atomic E-state index is 12.1. The summed E-state index contributed by atoms with van der Waals surface area (Å²) in [5.41, 5.74) is 2.30. The number of aryl methyl sites for hydroxylation is 1. The number of benzene rings is 2. The van der Waals surface area contributed by atoms with Gasteiger partial charge in [0.15, 0.2) is 5.11 Å². The summed E-state index contributed by atoms with van der Waals surface area (Å²) < 4.78 is 0.869. The molecule has 2 aromatic rings. The minimum Gasteiger partial charge on any atom is -0.332 e. The third-order valence-electron chi connectivity index (χ3n) is 2.78. The van der Waals surface area contributed by atoms with Gasteiger partial charge in [-0.3, -0.25) is 10.1 Å². The van der Waals surface area contributed by atoms with Crippen LogP contribution in [-0.2, 0) is 0 Å². The van der Waals surface area contributed by atoms with Crippen LogP contribution in [0.2, 0.25) is 5.02 Å². The van der Waals surface area contributed by atoms with E-state index in [1.54, 1.807) is 12.1 Å². The lowest BCUT2D eigenvalue weighted by Gasteiger charge is -2.11. The molecule has 1 amide bonds. The van der Waals surface area contributed by atoms with Crippen molar-refractivity contribution in [3.63, 3.8) is 0 Å². The average Bonchev–Trinajstić information content (AvgIpc) is 2.43. The van der Waals surface area contributed by atoms with Crippen LogP contribution < -0.4 is 10.6 Å². The number of hydrogen-bond acceptors (Lipinski definition) is 2. The van der Waals surface area contributed by atoms with Gasteiger partial charge in [-0.1, -0.05) is 29.8 Å². The molecule has 6 heteroatoms. The second kappa shape index (κ2) is 7.20. The Labute approximate surface area is 147 Å². The third kappa shape index (κ3) is 4.39. The Hall–Kier alpha value is -1.18. The van der Waals surface area contributed by atoms with E-state index < -0.39 is 0 Å². The largest absolute Gasteiger partial charge is 0.332 e. The van der Waals surface area contributed by atoms with E-state index in [4.69, 9.17) is 23.8 Å². The Balaban J connectivity index is 2.03. The number of nitrogens with one attached hydrogen (secondary N) is 2. The molecule has 21 heavy (non-hydrogen) atoms. The van der Waals surface area contributed by atoms with Crippen LogP contribution in [0, 0.1) is 10.5 Å². The second-order valence-corrected chi connectivity index (χ2v) is 6.33. The van der Waals surface area contributed by atoms with Crippen molar-refractivity contribution < 1.29 is 4.79 Å². The van der Waals surface area contributed by atoms with Crippen LogP contribution in [0.5, 0.6) is 0 Å². The van der Waals surface area contributed by atoms with Gasteiger partial charge < -0.3 is 5.32 Å². The van der Waals surface area contributed by atoms with Gasteiger partial charge in [-0.05, 0) is 71.6 Å². The molecule has 108 valence electrons. The molecule has 0 bridgehead atoms. The Morgan fingerprint density at radius 1 is 1.24 bits per heavy atom. The summed E-state index contributed by atoms with van der Waals surface area (Å²) >= 11 is 13.3. The van der Waals surface area contributed by atoms with Gasteiger partial charge in [-0.15, -0.1) is 0 Å². The lowest BCUT2D eigenvalue weighted by atomic mass is 10.2. The summed E-state index contributed by atoms with van der Waals surface area (Å²) in [5, 5.41) is 6.48. The molecule has 0 saturated carbocycles. The summed E-state index contributed by atoms with van der Waals surface area (Å²) in [7, 11) is 0. The summed E-state index contributed by atoms with van der Waals surface area (Å²) in [5.74, 6) is -0.240. The van der Waals surface area contributed by atoms with Crippen LogP contribution in [0.4, 0.5) is 5.69 Å². The van der Waals surface area contributed by atoms with Gasteiger partial charge in [0.05, 0.1) is 5.56 Å². The highest BCUT2D eigenvalue weighted by molar-refractivity contribution is 14.1. The van der Waals surface area contributed by atoms with E-state index >= 15 is 0 Å². The number of rotatable bonds is 2. The van der Waals surface area contributed by atoms with Crippen molar-refractivity contribution in [1.29, 1.82) is 0 Å². The second-order valence-electron chi connectivity index (χ2n) is 4.35. The van der Waals surface area contributed by atoms with Gasteiger partial charge in [0.1, 0.15) is 0 Å². The minimum absolute atomic E-state index is 0.236. The summed E-state index contributed by atoms with van der Waals surface area (Å²) in [4.78, 5) is 12.1. The molecule has 2 rings (SSSR count). The fourth-order valence-electron chi connectivity index (χ4n) is 1.65. The van der Waals surface area contributed by atoms with Gasteiger partial charge >= 0.3 is 0 Å². The van der Waals surface area contributed by atoms with Crippen molar-refractivity contribution in [1.82, 2.24) is 5.32 Å². The van der Waals surface area contributed by atoms with Gasteiger partial charge in [-0.25, -0.2) is 0 Å². The first-order valence-corrected chi connectivity index (χ1v) is 7.97. The molecule has 0 fully saturated rings. The molecular formula is C15H12ClIN2OS. The number of thiocarbonyl (C=S) groups is 1. The van der Waals surface area contributed by atoms with E-state index in [0.717, 1.165) is 14.8 Å². The van der Waals surface area contributed by atoms with Crippen molar-refractivity contribution in [2.45, 2.75) is 6.92 Å². The van der Waals surface area contributed by atoms with E-state index in [9.17, 15) is 4.79 Å². The molecular weight excluding hydrogens is 419 g/mol. The van der Waals surface area contributed by atoms with Crippen LogP contribution in [0.3, 0.4) is 0 Å². The van der Waals surface area contributed by atoms with Crippen LogP contribution in [0.25, 0.3) is 0 Å². The molecule has 0 unspecified atom stereocenters. The Kier molecular flexibility index (Phi) is 5.55. The number of anilines is 1. The Morgan fingerprint density at radius 3 is 2.62 bits per heavy atom. The van der Waals surface area contributed by atoms with E-state index in [2.05, 4.69) is 33.2 Å². The molecule has 0 aliphatic heterocycles. The number of hydrogen-bond donors (Lipinski definition) is 2. The molecule has 0 aliphatic carbocycles. The molecule has 0 saturated heterocycles. The van der Waals surface area contributed by atoms with Crippen LogP contribution in [0.1, 0.15) is 15.9 Å². The first-order chi connectivity index (χ1) is 9.97. The molecule has 0 heterocycles. The monoisotopic (exact) mass is 430 g/mol. The molecule has 2 N–H and O–H groups in total. The minimum atomic E-state index is -0.240. The predicted molar refractivity (Wildman–Crippen MR) is 99.0 cm³/mol. The smallest absolute Gasteiger partial charge is 0.258 e. The summed E-state index contributed by atoms with van der Waals surface area (Å²) in [6.07, 6.45) is 0. The fourth-order valence-corrected chi connectivity index (χ4v) is 2.67. The van der Waals surface area contributed by atoms with Crippen molar-refractivity contribution in [3.05, 3.63) is 62.2 Å². The zero-order valence-corrected chi connectivity index (χ0v) is 14.8. The van der Waals surface area contributed by atoms with Crippen molar-refractivity contribution in [3.8, 4) is 0 Å². The van der Waals surface area contributed by atoms with E-state index in [1.165, 1.54) is 0 Å². The van der Waals surface area contributed by atoms with Crippen LogP contribution in [-0.4, -0.2) is 11.0 Å². The summed E-state index contributed by atoms with van der Waals surface area (Å²) in [6, 6.07) is 12.8. The maximum atomic E-state index is 12.1. The molecule has 0 radical (unpaired) electrons. The number of halogens is 2. The predicted octanol–water partition coefficient (Wildman–Crippen LogP) is 4.38. The maximum Gasteiger partial charge on any atom is 0.258 e. The third-order valence-corrected chi connectivity index (χ3v) is 4.33. The van der Waals surface area contributed by atoms with Crippen molar-refractivity contribution in [2.24, 2.45) is 0 Å². The van der Waals surface area contributed by atoms with Gasteiger partial charge in [0.2, 0.25) is 0 Å². The zero-order chi connectivity index (χ0) is 15.4. The molecule has 3 nitrogen and oxygen atoms in total. The molecule has 2 aromatic carbocycles. The number of carbonyl (C=O) groups is 1. The fraction of sp³-hybridized carbons (Fsp3) is 0.0667. The van der Waals surface area contributed by atoms with Gasteiger partial charge in [0, 0.05) is 14.3 Å². The molecule has 0 atom stereocenters. The Bertz CT molecular complexity index is 706. The first-order valence-electron chi connectivity index (χ1n) is 6.10. The van der Waals surface area contributed by atoms with E-state index in [-0.39, 0.29) is 11.0 Å². The van der Waals surface area contributed by atoms with Gasteiger partial charge in [0.25, 0.3) is 5.91 Å². The zero-order valence-electron chi connectivity index (χ0n) is 11.1. The first kappa shape index (κ1) is 16.2. The highest BCUT2D eigenvalue weighted by Crippen LogP contribution is 2.20. The van der Waals surface area contributed by atoms with Crippen molar-refractivity contribution in [2.75, 3.05) is 5.32 Å². The highest BCUT2D eigenvalue weighted by atomic mass is 127. The molecule has 0 aliphatic rings. The topological polar surface area (TPSA) is 41.1 Å². The van der Waals surface area contributed by atoms with Crippen LogP contribution >= 0.6 is 46.4 Å². The van der Waals surface area contributed by atoms with Crippen molar-refractivity contribution >= 4 is 63.1 Å². The molecule has 0 aromatic heterocycles. The van der Waals surface area contributed by atoms with Crippen LogP contribution in [0.15, 0.2) is 42.5 Å². The quantitative estimate of drug-likeness (QED) is 0.549. The Morgan fingerprint density at radius 2 is 1.95 bits per heavy atom. The SMILES string of the molecule is Cc1ccc(NC(=S)NC(=O)c2ccccc2I)cc1Cl.